The number of hydrogen-bond donors (Lipinski definition) is 0. The Morgan fingerprint density at radius 3 is 2.53 bits per heavy atom. The Hall–Kier alpha value is -2.07. The van der Waals surface area contributed by atoms with Crippen molar-refractivity contribution < 1.29 is 9.34 Å². The van der Waals surface area contributed by atoms with Crippen LogP contribution < -0.4 is 0 Å². The molecule has 86 valence electrons. The van der Waals surface area contributed by atoms with Crippen LogP contribution in [-0.2, 0) is 0 Å². The van der Waals surface area contributed by atoms with Gasteiger partial charge in [-0.2, -0.15) is 0 Å². The zero-order valence-corrected chi connectivity index (χ0v) is 9.42. The molecule has 5 heteroatoms. The molecule has 0 saturated carbocycles. The molecule has 17 heavy (non-hydrogen) atoms. The van der Waals surface area contributed by atoms with E-state index in [9.17, 15) is 10.1 Å². The third kappa shape index (κ3) is 2.95. The fourth-order valence-electron chi connectivity index (χ4n) is 1.35. The monoisotopic (exact) mass is 249 g/mol. The first-order chi connectivity index (χ1) is 8.15. The van der Waals surface area contributed by atoms with E-state index in [2.05, 4.69) is 0 Å². The third-order valence-corrected chi connectivity index (χ3v) is 2.37. The highest BCUT2D eigenvalue weighted by Gasteiger charge is 2.03. The summed E-state index contributed by atoms with van der Waals surface area (Å²) >= 11 is 5.77. The smallest absolute Gasteiger partial charge is 0.238 e. The molecule has 1 heterocycles. The van der Waals surface area contributed by atoms with Crippen molar-refractivity contribution in [3.8, 4) is 11.3 Å². The van der Waals surface area contributed by atoms with Gasteiger partial charge < -0.3 is 4.42 Å². The van der Waals surface area contributed by atoms with Crippen LogP contribution in [0.5, 0.6) is 0 Å². The Bertz CT molecular complexity index is 557. The van der Waals surface area contributed by atoms with Crippen molar-refractivity contribution >= 4 is 17.7 Å². The van der Waals surface area contributed by atoms with E-state index in [-0.39, 0.29) is 0 Å². The summed E-state index contributed by atoms with van der Waals surface area (Å²) in [4.78, 5) is 9.61. The molecule has 0 fully saturated rings. The second-order valence-electron chi connectivity index (χ2n) is 3.31. The van der Waals surface area contributed by atoms with E-state index in [1.807, 2.05) is 12.1 Å². The molecule has 0 N–H and O–H groups in total. The van der Waals surface area contributed by atoms with Crippen LogP contribution in [0.3, 0.4) is 0 Å². The van der Waals surface area contributed by atoms with Crippen molar-refractivity contribution in [3.63, 3.8) is 0 Å². The van der Waals surface area contributed by atoms with E-state index < -0.39 is 4.92 Å². The summed E-state index contributed by atoms with van der Waals surface area (Å²) in [5, 5.41) is 10.8. The lowest BCUT2D eigenvalue weighted by Gasteiger charge is -1.96. The van der Waals surface area contributed by atoms with Gasteiger partial charge in [0, 0.05) is 10.6 Å². The van der Waals surface area contributed by atoms with Crippen LogP contribution in [0.15, 0.2) is 47.0 Å². The van der Waals surface area contributed by atoms with Crippen molar-refractivity contribution in [3.05, 3.63) is 63.5 Å². The van der Waals surface area contributed by atoms with Crippen LogP contribution in [-0.4, -0.2) is 4.92 Å². The first-order valence-corrected chi connectivity index (χ1v) is 5.20. The molecule has 0 aliphatic carbocycles. The van der Waals surface area contributed by atoms with Gasteiger partial charge >= 0.3 is 0 Å². The first kappa shape index (κ1) is 11.4. The highest BCUT2D eigenvalue weighted by Crippen LogP contribution is 2.24. The van der Waals surface area contributed by atoms with Gasteiger partial charge in [-0.3, -0.25) is 10.1 Å². The predicted octanol–water partition coefficient (Wildman–Crippen LogP) is 3.85. The molecule has 0 atom stereocenters. The Kier molecular flexibility index (Phi) is 3.25. The average molecular weight is 250 g/mol. The predicted molar refractivity (Wildman–Crippen MR) is 65.2 cm³/mol. The Balaban J connectivity index is 2.23. The summed E-state index contributed by atoms with van der Waals surface area (Å²) < 4.78 is 5.43. The fraction of sp³-hybridized carbons (Fsp3) is 0. The van der Waals surface area contributed by atoms with Gasteiger partial charge in [0.05, 0.1) is 11.0 Å². The largest absolute Gasteiger partial charge is 0.457 e. The van der Waals surface area contributed by atoms with Crippen LogP contribution in [0.25, 0.3) is 17.4 Å². The standard InChI is InChI=1S/C12H8ClNO3/c13-10-3-1-9(2-4-10)12-6-5-11(17-12)7-8-14(15)16/h1-8H. The minimum absolute atomic E-state index is 0.437. The summed E-state index contributed by atoms with van der Waals surface area (Å²) in [6.45, 7) is 0. The van der Waals surface area contributed by atoms with Crippen LogP contribution in [0.1, 0.15) is 5.76 Å². The quantitative estimate of drug-likeness (QED) is 0.613. The lowest BCUT2D eigenvalue weighted by atomic mass is 10.2. The van der Waals surface area contributed by atoms with Crippen molar-refractivity contribution in [2.24, 2.45) is 0 Å². The lowest BCUT2D eigenvalue weighted by molar-refractivity contribution is -0.401. The molecule has 0 radical (unpaired) electrons. The van der Waals surface area contributed by atoms with Crippen LogP contribution in [0.4, 0.5) is 0 Å². The van der Waals surface area contributed by atoms with E-state index in [1.54, 1.807) is 24.3 Å². The number of benzene rings is 1. The molecule has 2 rings (SSSR count). The van der Waals surface area contributed by atoms with Gasteiger partial charge in [0.2, 0.25) is 6.20 Å². The van der Waals surface area contributed by atoms with Crippen molar-refractivity contribution in [2.75, 3.05) is 0 Å². The molecular weight excluding hydrogens is 242 g/mol. The second-order valence-corrected chi connectivity index (χ2v) is 3.75. The van der Waals surface area contributed by atoms with Gasteiger partial charge in [0.15, 0.2) is 0 Å². The molecule has 4 nitrogen and oxygen atoms in total. The van der Waals surface area contributed by atoms with Gasteiger partial charge in [0.1, 0.15) is 11.5 Å². The highest BCUT2D eigenvalue weighted by molar-refractivity contribution is 6.30. The SMILES string of the molecule is O=[N+]([O-])C=Cc1ccc(-c2ccc(Cl)cc2)o1. The number of furan rings is 1. The summed E-state index contributed by atoms with van der Waals surface area (Å²) in [5.74, 6) is 1.08. The molecule has 0 bridgehead atoms. The molecule has 0 unspecified atom stereocenters. The Morgan fingerprint density at radius 1 is 1.18 bits per heavy atom. The summed E-state index contributed by atoms with van der Waals surface area (Å²) in [6.07, 6.45) is 2.14. The zero-order valence-electron chi connectivity index (χ0n) is 8.67. The van der Waals surface area contributed by atoms with E-state index in [4.69, 9.17) is 16.0 Å². The number of nitrogens with zero attached hydrogens (tertiary/aromatic N) is 1. The van der Waals surface area contributed by atoms with E-state index in [0.29, 0.717) is 16.5 Å². The Morgan fingerprint density at radius 2 is 1.88 bits per heavy atom. The fourth-order valence-corrected chi connectivity index (χ4v) is 1.47. The Labute approximate surface area is 102 Å². The number of halogens is 1. The minimum atomic E-state index is -0.537. The molecule has 2 aromatic rings. The van der Waals surface area contributed by atoms with Gasteiger partial charge in [0.25, 0.3) is 0 Å². The van der Waals surface area contributed by atoms with Gasteiger partial charge in [-0.1, -0.05) is 11.6 Å². The van der Waals surface area contributed by atoms with E-state index in [1.165, 1.54) is 6.08 Å². The number of rotatable bonds is 3. The number of nitro groups is 1. The van der Waals surface area contributed by atoms with Crippen LogP contribution in [0.2, 0.25) is 5.02 Å². The second kappa shape index (κ2) is 4.84. The lowest BCUT2D eigenvalue weighted by Crippen LogP contribution is -1.80. The van der Waals surface area contributed by atoms with Crippen LogP contribution >= 0.6 is 11.6 Å². The van der Waals surface area contributed by atoms with Gasteiger partial charge in [-0.05, 0) is 36.4 Å². The molecule has 0 aliphatic rings. The average Bonchev–Trinajstić information content (AvgIpc) is 2.76. The maximum absolute atomic E-state index is 10.1. The van der Waals surface area contributed by atoms with E-state index >= 15 is 0 Å². The third-order valence-electron chi connectivity index (χ3n) is 2.12. The van der Waals surface area contributed by atoms with Crippen molar-refractivity contribution in [2.45, 2.75) is 0 Å². The molecular formula is C12H8ClNO3. The van der Waals surface area contributed by atoms with Crippen molar-refractivity contribution in [1.29, 1.82) is 0 Å². The molecule has 0 aliphatic heterocycles. The summed E-state index contributed by atoms with van der Waals surface area (Å²) in [7, 11) is 0. The molecule has 0 saturated heterocycles. The molecule has 1 aromatic heterocycles. The first-order valence-electron chi connectivity index (χ1n) is 4.82. The molecule has 1 aromatic carbocycles. The number of hydrogen-bond acceptors (Lipinski definition) is 3. The molecule has 0 amide bonds. The highest BCUT2D eigenvalue weighted by atomic mass is 35.5. The summed E-state index contributed by atoms with van der Waals surface area (Å²) in [5.41, 5.74) is 0.871. The maximum Gasteiger partial charge on any atom is 0.238 e. The van der Waals surface area contributed by atoms with Gasteiger partial charge in [-0.25, -0.2) is 0 Å². The minimum Gasteiger partial charge on any atom is -0.457 e. The van der Waals surface area contributed by atoms with E-state index in [0.717, 1.165) is 11.8 Å². The zero-order chi connectivity index (χ0) is 12.3. The maximum atomic E-state index is 10.1. The van der Waals surface area contributed by atoms with Crippen molar-refractivity contribution in [1.82, 2.24) is 0 Å². The normalized spacial score (nSPS) is 10.9. The van der Waals surface area contributed by atoms with Gasteiger partial charge in [-0.15, -0.1) is 0 Å². The summed E-state index contributed by atoms with van der Waals surface area (Å²) in [6, 6.07) is 10.6. The van der Waals surface area contributed by atoms with Crippen LogP contribution in [0, 0.1) is 10.1 Å². The topological polar surface area (TPSA) is 56.3 Å². The molecule has 0 spiro atoms.